The van der Waals surface area contributed by atoms with Gasteiger partial charge in [-0.15, -0.1) is 0 Å². The van der Waals surface area contributed by atoms with Gasteiger partial charge < -0.3 is 10.2 Å². The summed E-state index contributed by atoms with van der Waals surface area (Å²) in [5.41, 5.74) is -1.87. The Morgan fingerprint density at radius 1 is 1.24 bits per heavy atom. The molecule has 0 bridgehead atoms. The van der Waals surface area contributed by atoms with E-state index in [0.29, 0.717) is 0 Å². The molecule has 11 heteroatoms. The lowest BCUT2D eigenvalue weighted by Crippen LogP contribution is -2.46. The Bertz CT molecular complexity index is 664. The highest BCUT2D eigenvalue weighted by Crippen LogP contribution is 2.41. The standard InChI is InChI=1S/C14H12BrClF6N2O/c15-8-4-9(14(20,21)22)11(10(16)5-8)23-12(25)24-3-1-2-7(6-24)13(17,18)19/h4-5,7H,1-3,6H2,(H,23,25). The zero-order valence-electron chi connectivity index (χ0n) is 12.4. The largest absolute Gasteiger partial charge is 0.418 e. The first-order valence-corrected chi connectivity index (χ1v) is 8.25. The van der Waals surface area contributed by atoms with Crippen LogP contribution in [0.15, 0.2) is 16.6 Å². The summed E-state index contributed by atoms with van der Waals surface area (Å²) in [5, 5.41) is 1.63. The Labute approximate surface area is 152 Å². The molecule has 1 aromatic carbocycles. The molecule has 0 saturated carbocycles. The van der Waals surface area contributed by atoms with E-state index in [0.717, 1.165) is 17.0 Å². The van der Waals surface area contributed by atoms with Crippen LogP contribution < -0.4 is 5.32 Å². The number of anilines is 1. The summed E-state index contributed by atoms with van der Waals surface area (Å²) in [6, 6.07) is 0.834. The van der Waals surface area contributed by atoms with E-state index in [1.54, 1.807) is 0 Å². The number of amides is 2. The van der Waals surface area contributed by atoms with Crippen LogP contribution in [0.3, 0.4) is 0 Å². The first-order chi connectivity index (χ1) is 11.4. The van der Waals surface area contributed by atoms with Crippen LogP contribution in [0, 0.1) is 5.92 Å². The van der Waals surface area contributed by atoms with Gasteiger partial charge in [0.05, 0.1) is 22.2 Å². The lowest BCUT2D eigenvalue weighted by molar-refractivity contribution is -0.183. The molecule has 2 rings (SSSR count). The van der Waals surface area contributed by atoms with Crippen LogP contribution in [-0.4, -0.2) is 30.2 Å². The van der Waals surface area contributed by atoms with Crippen molar-refractivity contribution in [1.82, 2.24) is 4.90 Å². The number of halogens is 8. The molecule has 0 aliphatic carbocycles. The lowest BCUT2D eigenvalue weighted by atomic mass is 9.98. The van der Waals surface area contributed by atoms with Gasteiger partial charge in [0.1, 0.15) is 0 Å². The maximum atomic E-state index is 13.1. The molecule has 1 aromatic rings. The second kappa shape index (κ2) is 7.22. The molecule has 0 spiro atoms. The van der Waals surface area contributed by atoms with Crippen LogP contribution in [0.25, 0.3) is 0 Å². The highest BCUT2D eigenvalue weighted by Gasteiger charge is 2.43. The molecule has 140 valence electrons. The molecule has 1 saturated heterocycles. The first kappa shape index (κ1) is 20.2. The summed E-state index contributed by atoms with van der Waals surface area (Å²) in [7, 11) is 0. The number of carbonyl (C=O) groups excluding carboxylic acids is 1. The van der Waals surface area contributed by atoms with Crippen LogP contribution >= 0.6 is 27.5 Å². The molecule has 1 heterocycles. The Balaban J connectivity index is 2.24. The van der Waals surface area contributed by atoms with Gasteiger partial charge in [-0.25, -0.2) is 4.79 Å². The second-order valence-electron chi connectivity index (χ2n) is 5.56. The third-order valence-corrected chi connectivity index (χ3v) is 4.52. The number of hydrogen-bond donors (Lipinski definition) is 1. The van der Waals surface area contributed by atoms with Crippen molar-refractivity contribution in [2.24, 2.45) is 5.92 Å². The van der Waals surface area contributed by atoms with Gasteiger partial charge in [-0.05, 0) is 25.0 Å². The zero-order valence-corrected chi connectivity index (χ0v) is 14.8. The van der Waals surface area contributed by atoms with Crippen molar-refractivity contribution in [3.8, 4) is 0 Å². The van der Waals surface area contributed by atoms with Gasteiger partial charge in [-0.2, -0.15) is 26.3 Å². The molecule has 1 unspecified atom stereocenters. The number of nitrogens with one attached hydrogen (secondary N) is 1. The van der Waals surface area contributed by atoms with Crippen molar-refractivity contribution in [2.45, 2.75) is 25.2 Å². The molecule has 0 radical (unpaired) electrons. The molecule has 25 heavy (non-hydrogen) atoms. The van der Waals surface area contributed by atoms with Crippen LogP contribution in [0.5, 0.6) is 0 Å². The fraction of sp³-hybridized carbons (Fsp3) is 0.500. The fourth-order valence-electron chi connectivity index (χ4n) is 2.54. The van der Waals surface area contributed by atoms with Gasteiger partial charge in [-0.1, -0.05) is 27.5 Å². The number of nitrogens with zero attached hydrogens (tertiary/aromatic N) is 1. The van der Waals surface area contributed by atoms with E-state index in [1.165, 1.54) is 0 Å². The van der Waals surface area contributed by atoms with Crippen LogP contribution in [0.1, 0.15) is 18.4 Å². The topological polar surface area (TPSA) is 32.3 Å². The Hall–Kier alpha value is -1.16. The highest BCUT2D eigenvalue weighted by molar-refractivity contribution is 9.10. The number of hydrogen-bond acceptors (Lipinski definition) is 1. The quantitative estimate of drug-likeness (QED) is 0.526. The Morgan fingerprint density at radius 2 is 1.88 bits per heavy atom. The minimum Gasteiger partial charge on any atom is -0.324 e. The number of benzene rings is 1. The normalized spacial score (nSPS) is 19.0. The highest BCUT2D eigenvalue weighted by atomic mass is 79.9. The van der Waals surface area contributed by atoms with Gasteiger partial charge in [0.15, 0.2) is 0 Å². The number of rotatable bonds is 1. The molecule has 0 aromatic heterocycles. The SMILES string of the molecule is O=C(Nc1c(Cl)cc(Br)cc1C(F)(F)F)N1CCCC(C(F)(F)F)C1. The van der Waals surface area contributed by atoms with E-state index in [-0.39, 0.29) is 28.9 Å². The van der Waals surface area contributed by atoms with E-state index in [2.05, 4.69) is 15.9 Å². The monoisotopic (exact) mass is 452 g/mol. The van der Waals surface area contributed by atoms with E-state index in [4.69, 9.17) is 11.6 Å². The number of likely N-dealkylation sites (tertiary alicyclic amines) is 1. The third-order valence-electron chi connectivity index (χ3n) is 3.76. The van der Waals surface area contributed by atoms with Gasteiger partial charge in [0.25, 0.3) is 0 Å². The van der Waals surface area contributed by atoms with Crippen molar-refractivity contribution in [3.05, 3.63) is 27.2 Å². The molecule has 1 aliphatic rings. The van der Waals surface area contributed by atoms with Crippen molar-refractivity contribution in [2.75, 3.05) is 18.4 Å². The fourth-order valence-corrected chi connectivity index (χ4v) is 3.40. The maximum absolute atomic E-state index is 13.1. The summed E-state index contributed by atoms with van der Waals surface area (Å²) in [6.45, 7) is -0.585. The Kier molecular flexibility index (Phi) is 5.82. The van der Waals surface area contributed by atoms with Crippen molar-refractivity contribution >= 4 is 39.2 Å². The summed E-state index contributed by atoms with van der Waals surface area (Å²) in [4.78, 5) is 13.0. The molecule has 1 N–H and O–H groups in total. The summed E-state index contributed by atoms with van der Waals surface area (Å²) >= 11 is 8.66. The number of alkyl halides is 6. The third kappa shape index (κ3) is 4.93. The number of piperidine rings is 1. The van der Waals surface area contributed by atoms with E-state index in [1.807, 2.05) is 5.32 Å². The molecular formula is C14H12BrClF6N2O. The van der Waals surface area contributed by atoms with E-state index >= 15 is 0 Å². The first-order valence-electron chi connectivity index (χ1n) is 7.08. The smallest absolute Gasteiger partial charge is 0.324 e. The van der Waals surface area contributed by atoms with Crippen LogP contribution in [-0.2, 0) is 6.18 Å². The lowest BCUT2D eigenvalue weighted by Gasteiger charge is -2.34. The molecule has 1 aliphatic heterocycles. The average Bonchev–Trinajstić information content (AvgIpc) is 2.47. The zero-order chi connectivity index (χ0) is 19.0. The van der Waals surface area contributed by atoms with Crippen LogP contribution in [0.4, 0.5) is 36.8 Å². The molecule has 1 atom stereocenters. The second-order valence-corrected chi connectivity index (χ2v) is 6.89. The molecular weight excluding hydrogens is 442 g/mol. The summed E-state index contributed by atoms with van der Waals surface area (Å²) in [6.07, 6.45) is -9.28. The summed E-state index contributed by atoms with van der Waals surface area (Å²) in [5.74, 6) is -1.70. The van der Waals surface area contributed by atoms with Crippen molar-refractivity contribution in [1.29, 1.82) is 0 Å². The average molecular weight is 454 g/mol. The number of urea groups is 1. The van der Waals surface area contributed by atoms with Crippen LogP contribution in [0.2, 0.25) is 5.02 Å². The molecule has 1 fully saturated rings. The molecule has 3 nitrogen and oxygen atoms in total. The predicted octanol–water partition coefficient (Wildman–Crippen LogP) is 5.93. The van der Waals surface area contributed by atoms with Crippen molar-refractivity contribution < 1.29 is 31.1 Å². The van der Waals surface area contributed by atoms with Crippen molar-refractivity contribution in [3.63, 3.8) is 0 Å². The predicted molar refractivity (Wildman–Crippen MR) is 83.5 cm³/mol. The minimum atomic E-state index is -4.80. The molecule has 2 amide bonds. The van der Waals surface area contributed by atoms with Gasteiger partial charge >= 0.3 is 18.4 Å². The van der Waals surface area contributed by atoms with E-state index in [9.17, 15) is 31.1 Å². The van der Waals surface area contributed by atoms with Gasteiger partial charge in [-0.3, -0.25) is 0 Å². The van der Waals surface area contributed by atoms with Gasteiger partial charge in [0, 0.05) is 17.6 Å². The maximum Gasteiger partial charge on any atom is 0.418 e. The summed E-state index contributed by atoms with van der Waals surface area (Å²) < 4.78 is 77.8. The Morgan fingerprint density at radius 3 is 2.44 bits per heavy atom. The minimum absolute atomic E-state index is 0.0217. The van der Waals surface area contributed by atoms with Gasteiger partial charge in [0.2, 0.25) is 0 Å². The van der Waals surface area contributed by atoms with E-state index < -0.39 is 42.1 Å². The number of carbonyl (C=O) groups is 1.